The van der Waals surface area contributed by atoms with E-state index in [1.54, 1.807) is 25.1 Å². The van der Waals surface area contributed by atoms with Gasteiger partial charge in [0, 0.05) is 12.1 Å². The minimum absolute atomic E-state index is 0.307. The van der Waals surface area contributed by atoms with Crippen molar-refractivity contribution in [3.8, 4) is 5.75 Å². The first-order valence-electron chi connectivity index (χ1n) is 6.99. The van der Waals surface area contributed by atoms with E-state index in [2.05, 4.69) is 9.88 Å². The maximum absolute atomic E-state index is 14.0. The standard InChI is InChI=1S/C15H17FN2O2S/c1-10-7-15(17-20-10)18-21-14-6-5-12(8-13(14)16)19-9-11-3-2-4-11/h5-8,11H,2-4,9H2,1H3,(H,17,18). The number of benzene rings is 1. The molecule has 0 unspecified atom stereocenters. The van der Waals surface area contributed by atoms with Crippen LogP contribution in [0.25, 0.3) is 0 Å². The molecule has 0 amide bonds. The Hall–Kier alpha value is -1.69. The Labute approximate surface area is 127 Å². The summed E-state index contributed by atoms with van der Waals surface area (Å²) in [5.74, 6) is 2.19. The average molecular weight is 308 g/mol. The van der Waals surface area contributed by atoms with Gasteiger partial charge in [0.15, 0.2) is 5.82 Å². The van der Waals surface area contributed by atoms with Crippen LogP contribution in [0.1, 0.15) is 25.0 Å². The monoisotopic (exact) mass is 308 g/mol. The summed E-state index contributed by atoms with van der Waals surface area (Å²) in [5, 5.41) is 3.79. The molecule has 112 valence electrons. The van der Waals surface area contributed by atoms with Crippen molar-refractivity contribution in [1.29, 1.82) is 0 Å². The van der Waals surface area contributed by atoms with Gasteiger partial charge in [0.1, 0.15) is 17.3 Å². The van der Waals surface area contributed by atoms with Crippen molar-refractivity contribution in [3.63, 3.8) is 0 Å². The second kappa shape index (κ2) is 6.39. The third kappa shape index (κ3) is 3.69. The summed E-state index contributed by atoms with van der Waals surface area (Å²) < 4.78 is 27.5. The van der Waals surface area contributed by atoms with Crippen LogP contribution in [-0.4, -0.2) is 11.8 Å². The van der Waals surface area contributed by atoms with Gasteiger partial charge < -0.3 is 14.0 Å². The lowest BCUT2D eigenvalue weighted by Crippen LogP contribution is -2.19. The number of rotatable bonds is 6. The number of hydrogen-bond acceptors (Lipinski definition) is 5. The highest BCUT2D eigenvalue weighted by atomic mass is 32.2. The van der Waals surface area contributed by atoms with Crippen LogP contribution in [0.4, 0.5) is 10.2 Å². The molecule has 1 heterocycles. The van der Waals surface area contributed by atoms with Crippen LogP contribution in [0, 0.1) is 18.7 Å². The Morgan fingerprint density at radius 1 is 1.43 bits per heavy atom. The summed E-state index contributed by atoms with van der Waals surface area (Å²) in [6, 6.07) is 6.67. The average Bonchev–Trinajstić information content (AvgIpc) is 2.82. The molecule has 1 N–H and O–H groups in total. The molecule has 3 rings (SSSR count). The van der Waals surface area contributed by atoms with Crippen molar-refractivity contribution in [2.75, 3.05) is 11.3 Å². The first-order valence-corrected chi connectivity index (χ1v) is 7.81. The summed E-state index contributed by atoms with van der Waals surface area (Å²) in [6.45, 7) is 2.49. The lowest BCUT2D eigenvalue weighted by atomic mass is 9.86. The van der Waals surface area contributed by atoms with Crippen LogP contribution >= 0.6 is 11.9 Å². The number of hydrogen-bond donors (Lipinski definition) is 1. The van der Waals surface area contributed by atoms with Gasteiger partial charge in [0.2, 0.25) is 0 Å². The largest absolute Gasteiger partial charge is 0.493 e. The van der Waals surface area contributed by atoms with Gasteiger partial charge in [-0.3, -0.25) is 0 Å². The fourth-order valence-electron chi connectivity index (χ4n) is 2.05. The maximum atomic E-state index is 14.0. The molecule has 2 aromatic rings. The highest BCUT2D eigenvalue weighted by Gasteiger charge is 2.18. The minimum Gasteiger partial charge on any atom is -0.493 e. The molecule has 1 aromatic heterocycles. The van der Waals surface area contributed by atoms with E-state index in [0.717, 1.165) is 11.9 Å². The Morgan fingerprint density at radius 2 is 2.29 bits per heavy atom. The maximum Gasteiger partial charge on any atom is 0.179 e. The van der Waals surface area contributed by atoms with Gasteiger partial charge in [-0.05, 0) is 49.8 Å². The first-order chi connectivity index (χ1) is 10.2. The van der Waals surface area contributed by atoms with Crippen molar-refractivity contribution in [1.82, 2.24) is 5.16 Å². The fraction of sp³-hybridized carbons (Fsp3) is 0.400. The van der Waals surface area contributed by atoms with Crippen molar-refractivity contribution in [3.05, 3.63) is 35.8 Å². The van der Waals surface area contributed by atoms with E-state index in [1.807, 2.05) is 0 Å². The van der Waals surface area contributed by atoms with Crippen LogP contribution < -0.4 is 9.46 Å². The molecule has 0 aliphatic heterocycles. The van der Waals surface area contributed by atoms with E-state index in [9.17, 15) is 4.39 Å². The third-order valence-electron chi connectivity index (χ3n) is 3.51. The topological polar surface area (TPSA) is 47.3 Å². The van der Waals surface area contributed by atoms with E-state index < -0.39 is 0 Å². The molecular weight excluding hydrogens is 291 g/mol. The molecule has 4 nitrogen and oxygen atoms in total. The summed E-state index contributed by atoms with van der Waals surface area (Å²) in [4.78, 5) is 0.492. The van der Waals surface area contributed by atoms with Crippen LogP contribution in [0.2, 0.25) is 0 Å². The summed E-state index contributed by atoms with van der Waals surface area (Å²) in [5.41, 5.74) is 0. The molecule has 0 saturated heterocycles. The van der Waals surface area contributed by atoms with E-state index in [4.69, 9.17) is 9.26 Å². The van der Waals surface area contributed by atoms with Gasteiger partial charge in [-0.1, -0.05) is 11.6 Å². The Bertz CT molecular complexity index is 613. The number of halogens is 1. The molecule has 1 aliphatic carbocycles. The van der Waals surface area contributed by atoms with Crippen molar-refractivity contribution in [2.45, 2.75) is 31.1 Å². The molecule has 1 fully saturated rings. The van der Waals surface area contributed by atoms with Gasteiger partial charge in [0.05, 0.1) is 11.5 Å². The number of nitrogens with one attached hydrogen (secondary N) is 1. The van der Waals surface area contributed by atoms with Gasteiger partial charge >= 0.3 is 0 Å². The molecule has 0 atom stereocenters. The molecule has 0 bridgehead atoms. The normalized spacial score (nSPS) is 14.8. The predicted octanol–water partition coefficient (Wildman–Crippen LogP) is 4.42. The van der Waals surface area contributed by atoms with Gasteiger partial charge in [0.25, 0.3) is 0 Å². The quantitative estimate of drug-likeness (QED) is 0.800. The zero-order chi connectivity index (χ0) is 14.7. The lowest BCUT2D eigenvalue weighted by Gasteiger charge is -2.25. The van der Waals surface area contributed by atoms with E-state index in [1.165, 1.54) is 25.3 Å². The molecule has 0 radical (unpaired) electrons. The van der Waals surface area contributed by atoms with Crippen LogP contribution in [-0.2, 0) is 0 Å². The van der Waals surface area contributed by atoms with Crippen molar-refractivity contribution < 1.29 is 13.7 Å². The van der Waals surface area contributed by atoms with Gasteiger partial charge in [-0.2, -0.15) is 0 Å². The van der Waals surface area contributed by atoms with Gasteiger partial charge in [-0.15, -0.1) is 0 Å². The number of nitrogens with zero attached hydrogens (tertiary/aromatic N) is 1. The molecule has 1 saturated carbocycles. The summed E-state index contributed by atoms with van der Waals surface area (Å²) in [7, 11) is 0. The SMILES string of the molecule is Cc1cc(NSc2ccc(OCC3CCC3)cc2F)no1. The van der Waals surface area contributed by atoms with Crippen LogP contribution in [0.5, 0.6) is 5.75 Å². The van der Waals surface area contributed by atoms with E-state index >= 15 is 0 Å². The smallest absolute Gasteiger partial charge is 0.179 e. The molecule has 21 heavy (non-hydrogen) atoms. The molecule has 1 aromatic carbocycles. The number of aryl methyl sites for hydroxylation is 1. The number of anilines is 1. The lowest BCUT2D eigenvalue weighted by molar-refractivity contribution is 0.180. The Morgan fingerprint density at radius 3 is 2.90 bits per heavy atom. The second-order valence-corrected chi connectivity index (χ2v) is 6.08. The summed E-state index contributed by atoms with van der Waals surface area (Å²) in [6.07, 6.45) is 3.72. The van der Waals surface area contributed by atoms with Crippen LogP contribution in [0.15, 0.2) is 33.7 Å². The van der Waals surface area contributed by atoms with Crippen LogP contribution in [0.3, 0.4) is 0 Å². The van der Waals surface area contributed by atoms with Gasteiger partial charge in [-0.25, -0.2) is 4.39 Å². The summed E-state index contributed by atoms with van der Waals surface area (Å²) >= 11 is 1.16. The molecule has 6 heteroatoms. The highest BCUT2D eigenvalue weighted by molar-refractivity contribution is 8.00. The van der Waals surface area contributed by atoms with E-state index in [-0.39, 0.29) is 5.82 Å². The second-order valence-electron chi connectivity index (χ2n) is 5.23. The fourth-order valence-corrected chi connectivity index (χ4v) is 2.65. The van der Waals surface area contributed by atoms with E-state index in [0.29, 0.717) is 34.7 Å². The number of aromatic nitrogens is 1. The number of ether oxygens (including phenoxy) is 1. The Kier molecular flexibility index (Phi) is 4.34. The molecular formula is C15H17FN2O2S. The molecule has 1 aliphatic rings. The Balaban J connectivity index is 1.55. The zero-order valence-corrected chi connectivity index (χ0v) is 12.6. The first kappa shape index (κ1) is 14.3. The third-order valence-corrected chi connectivity index (χ3v) is 4.37. The van der Waals surface area contributed by atoms with Crippen molar-refractivity contribution >= 4 is 17.8 Å². The molecule has 0 spiro atoms. The zero-order valence-electron chi connectivity index (χ0n) is 11.8. The predicted molar refractivity (Wildman–Crippen MR) is 80.0 cm³/mol. The minimum atomic E-state index is -0.307. The van der Waals surface area contributed by atoms with Crippen molar-refractivity contribution in [2.24, 2.45) is 5.92 Å². The highest BCUT2D eigenvalue weighted by Crippen LogP contribution is 2.29.